The molecule has 0 amide bonds. The summed E-state index contributed by atoms with van der Waals surface area (Å²) in [6.45, 7) is 0.221. The van der Waals surface area contributed by atoms with Gasteiger partial charge in [0, 0.05) is 5.56 Å². The van der Waals surface area contributed by atoms with Crippen LogP contribution in [0.15, 0.2) is 66.2 Å². The van der Waals surface area contributed by atoms with Gasteiger partial charge < -0.3 is 4.74 Å². The van der Waals surface area contributed by atoms with Crippen molar-refractivity contribution < 1.29 is 9.53 Å². The quantitative estimate of drug-likeness (QED) is 0.534. The van der Waals surface area contributed by atoms with E-state index in [4.69, 9.17) is 4.74 Å². The van der Waals surface area contributed by atoms with Crippen LogP contribution in [0.25, 0.3) is 17.5 Å². The first-order valence-electron chi connectivity index (χ1n) is 7.43. The van der Waals surface area contributed by atoms with Crippen molar-refractivity contribution in [2.45, 2.75) is 6.54 Å². The largest absolute Gasteiger partial charge is 0.466 e. The van der Waals surface area contributed by atoms with E-state index < -0.39 is 5.97 Å². The van der Waals surface area contributed by atoms with E-state index in [0.29, 0.717) is 11.4 Å². The zero-order valence-electron chi connectivity index (χ0n) is 13.2. The lowest BCUT2D eigenvalue weighted by Gasteiger charge is -2.08. The number of carbonyl (C=O) groups is 1. The molecule has 1 heterocycles. The maximum atomic E-state index is 12.1. The highest BCUT2D eigenvalue weighted by molar-refractivity contribution is 5.93. The molecule has 0 unspecified atom stereocenters. The third-order valence-electron chi connectivity index (χ3n) is 3.47. The van der Waals surface area contributed by atoms with E-state index in [-0.39, 0.29) is 6.54 Å². The lowest BCUT2D eigenvalue weighted by Crippen LogP contribution is -2.13. The lowest BCUT2D eigenvalue weighted by atomic mass is 10.1. The number of tetrazole rings is 1. The summed E-state index contributed by atoms with van der Waals surface area (Å²) in [5, 5.41) is 11.8. The van der Waals surface area contributed by atoms with Gasteiger partial charge in [-0.3, -0.25) is 0 Å². The summed E-state index contributed by atoms with van der Waals surface area (Å²) in [4.78, 5) is 12.1. The van der Waals surface area contributed by atoms with Crippen molar-refractivity contribution >= 4 is 12.0 Å². The van der Waals surface area contributed by atoms with Gasteiger partial charge in [0.05, 0.1) is 19.2 Å². The van der Waals surface area contributed by atoms with E-state index in [1.54, 1.807) is 10.8 Å². The SMILES string of the molecule is COC(=O)/C(=C/c1ccccc1)Cn1nnnc1-c1ccccc1. The van der Waals surface area contributed by atoms with Gasteiger partial charge in [-0.15, -0.1) is 5.10 Å². The van der Waals surface area contributed by atoms with Crippen molar-refractivity contribution in [2.24, 2.45) is 0 Å². The van der Waals surface area contributed by atoms with Gasteiger partial charge in [0.15, 0.2) is 5.82 Å². The minimum absolute atomic E-state index is 0.221. The van der Waals surface area contributed by atoms with Crippen LogP contribution in [0.2, 0.25) is 0 Å². The number of aromatic nitrogens is 4. The average Bonchev–Trinajstić information content (AvgIpc) is 3.10. The standard InChI is InChI=1S/C18H16N4O2/c1-24-18(23)16(12-14-8-4-2-5-9-14)13-22-17(19-20-21-22)15-10-6-3-7-11-15/h2-12H,13H2,1H3/b16-12+. The molecule has 0 aliphatic rings. The fourth-order valence-corrected chi connectivity index (χ4v) is 2.32. The third-order valence-corrected chi connectivity index (χ3v) is 3.47. The number of ether oxygens (including phenoxy) is 1. The maximum Gasteiger partial charge on any atom is 0.335 e. The molecule has 0 fully saturated rings. The number of nitrogens with zero attached hydrogens (tertiary/aromatic N) is 4. The predicted octanol–water partition coefficient (Wildman–Crippen LogP) is 2.60. The first kappa shape index (κ1) is 15.6. The Bertz CT molecular complexity index is 842. The molecule has 0 N–H and O–H groups in total. The van der Waals surface area contributed by atoms with Crippen LogP contribution in [0.3, 0.4) is 0 Å². The van der Waals surface area contributed by atoms with Crippen LogP contribution >= 0.6 is 0 Å². The molecule has 2 aromatic carbocycles. The molecule has 6 heteroatoms. The smallest absolute Gasteiger partial charge is 0.335 e. The molecule has 0 bridgehead atoms. The van der Waals surface area contributed by atoms with Crippen molar-refractivity contribution in [1.82, 2.24) is 20.2 Å². The van der Waals surface area contributed by atoms with Crippen LogP contribution < -0.4 is 0 Å². The Hall–Kier alpha value is -3.28. The molecule has 0 saturated carbocycles. The van der Waals surface area contributed by atoms with Gasteiger partial charge in [-0.05, 0) is 22.1 Å². The summed E-state index contributed by atoms with van der Waals surface area (Å²) < 4.78 is 6.47. The molecule has 0 radical (unpaired) electrons. The summed E-state index contributed by atoms with van der Waals surface area (Å²) in [6.07, 6.45) is 1.78. The van der Waals surface area contributed by atoms with Crippen molar-refractivity contribution in [3.8, 4) is 11.4 Å². The number of carbonyl (C=O) groups excluding carboxylic acids is 1. The van der Waals surface area contributed by atoms with Gasteiger partial charge in [-0.2, -0.15) is 0 Å². The van der Waals surface area contributed by atoms with Crippen LogP contribution in [0.4, 0.5) is 0 Å². The zero-order valence-corrected chi connectivity index (χ0v) is 13.2. The molecule has 24 heavy (non-hydrogen) atoms. The Morgan fingerprint density at radius 3 is 2.42 bits per heavy atom. The number of methoxy groups -OCH3 is 1. The molecule has 120 valence electrons. The average molecular weight is 320 g/mol. The summed E-state index contributed by atoms with van der Waals surface area (Å²) in [7, 11) is 1.36. The molecule has 0 aliphatic heterocycles. The number of benzene rings is 2. The second-order valence-electron chi connectivity index (χ2n) is 5.10. The van der Waals surface area contributed by atoms with Crippen molar-refractivity contribution in [1.29, 1.82) is 0 Å². The molecule has 3 rings (SSSR count). The monoisotopic (exact) mass is 320 g/mol. The molecule has 0 spiro atoms. The molecular weight excluding hydrogens is 304 g/mol. The van der Waals surface area contributed by atoms with Crippen LogP contribution in [0.1, 0.15) is 5.56 Å². The Labute approximate surface area is 139 Å². The fraction of sp³-hybridized carbons (Fsp3) is 0.111. The minimum Gasteiger partial charge on any atom is -0.466 e. The zero-order chi connectivity index (χ0) is 16.8. The summed E-state index contributed by atoms with van der Waals surface area (Å²) in [6, 6.07) is 19.2. The number of hydrogen-bond donors (Lipinski definition) is 0. The highest BCUT2D eigenvalue weighted by Gasteiger charge is 2.15. The lowest BCUT2D eigenvalue weighted by molar-refractivity contribution is -0.136. The third kappa shape index (κ3) is 3.55. The van der Waals surface area contributed by atoms with E-state index >= 15 is 0 Å². The minimum atomic E-state index is -0.409. The van der Waals surface area contributed by atoms with E-state index in [2.05, 4.69) is 15.5 Å². The summed E-state index contributed by atoms with van der Waals surface area (Å²) >= 11 is 0. The second kappa shape index (κ2) is 7.32. The van der Waals surface area contributed by atoms with Crippen LogP contribution in [-0.4, -0.2) is 33.3 Å². The molecule has 3 aromatic rings. The molecule has 0 saturated heterocycles. The fourth-order valence-electron chi connectivity index (χ4n) is 2.32. The van der Waals surface area contributed by atoms with Gasteiger partial charge in [-0.25, -0.2) is 9.48 Å². The van der Waals surface area contributed by atoms with Crippen LogP contribution in [0, 0.1) is 0 Å². The maximum absolute atomic E-state index is 12.1. The Balaban J connectivity index is 1.94. The number of hydrogen-bond acceptors (Lipinski definition) is 5. The molecule has 1 aromatic heterocycles. The summed E-state index contributed by atoms with van der Waals surface area (Å²) in [5.74, 6) is 0.187. The summed E-state index contributed by atoms with van der Waals surface area (Å²) in [5.41, 5.74) is 2.26. The van der Waals surface area contributed by atoms with Gasteiger partial charge >= 0.3 is 5.97 Å². The van der Waals surface area contributed by atoms with Gasteiger partial charge in [0.1, 0.15) is 0 Å². The highest BCUT2D eigenvalue weighted by Crippen LogP contribution is 2.17. The highest BCUT2D eigenvalue weighted by atomic mass is 16.5. The molecule has 6 nitrogen and oxygen atoms in total. The molecule has 0 aliphatic carbocycles. The number of rotatable bonds is 5. The van der Waals surface area contributed by atoms with E-state index in [1.807, 2.05) is 60.7 Å². The van der Waals surface area contributed by atoms with E-state index in [9.17, 15) is 4.79 Å². The van der Waals surface area contributed by atoms with Crippen LogP contribution in [0.5, 0.6) is 0 Å². The number of esters is 1. The van der Waals surface area contributed by atoms with Gasteiger partial charge in [0.2, 0.25) is 0 Å². The Morgan fingerprint density at radius 1 is 1.08 bits per heavy atom. The van der Waals surface area contributed by atoms with Crippen molar-refractivity contribution in [2.75, 3.05) is 7.11 Å². The topological polar surface area (TPSA) is 69.9 Å². The van der Waals surface area contributed by atoms with Gasteiger partial charge in [0.25, 0.3) is 0 Å². The van der Waals surface area contributed by atoms with Crippen molar-refractivity contribution in [3.63, 3.8) is 0 Å². The van der Waals surface area contributed by atoms with E-state index in [1.165, 1.54) is 7.11 Å². The Kier molecular flexibility index (Phi) is 4.76. The van der Waals surface area contributed by atoms with Crippen LogP contribution in [-0.2, 0) is 16.1 Å². The first-order chi connectivity index (χ1) is 11.8. The molecule has 0 atom stereocenters. The second-order valence-corrected chi connectivity index (χ2v) is 5.10. The molecular formula is C18H16N4O2. The first-order valence-corrected chi connectivity index (χ1v) is 7.43. The van der Waals surface area contributed by atoms with Gasteiger partial charge in [-0.1, -0.05) is 60.7 Å². The predicted molar refractivity (Wildman–Crippen MR) is 89.7 cm³/mol. The normalized spacial score (nSPS) is 11.3. The van der Waals surface area contributed by atoms with E-state index in [0.717, 1.165) is 11.1 Å². The Morgan fingerprint density at radius 2 is 1.75 bits per heavy atom. The van der Waals surface area contributed by atoms with Crippen molar-refractivity contribution in [3.05, 3.63) is 71.8 Å².